The minimum atomic E-state index is 0.155. The summed E-state index contributed by atoms with van der Waals surface area (Å²) in [7, 11) is 0. The van der Waals surface area contributed by atoms with Crippen molar-refractivity contribution in [3.8, 4) is 5.88 Å². The quantitative estimate of drug-likeness (QED) is 0.697. The predicted molar refractivity (Wildman–Crippen MR) is 87.6 cm³/mol. The van der Waals surface area contributed by atoms with Crippen LogP contribution in [0.3, 0.4) is 0 Å². The van der Waals surface area contributed by atoms with Gasteiger partial charge in [-0.2, -0.15) is 0 Å². The summed E-state index contributed by atoms with van der Waals surface area (Å²) < 4.78 is 0. The zero-order chi connectivity index (χ0) is 14.7. The molecule has 3 aromatic rings. The van der Waals surface area contributed by atoms with Crippen LogP contribution < -0.4 is 0 Å². The lowest BCUT2D eigenvalue weighted by molar-refractivity contribution is 0.457. The molecule has 0 atom stereocenters. The summed E-state index contributed by atoms with van der Waals surface area (Å²) in [6.07, 6.45) is 2.54. The van der Waals surface area contributed by atoms with E-state index in [0.717, 1.165) is 33.5 Å². The topological polar surface area (TPSA) is 48.4 Å². The molecule has 0 unspecified atom stereocenters. The van der Waals surface area contributed by atoms with Crippen molar-refractivity contribution < 1.29 is 5.11 Å². The van der Waals surface area contributed by atoms with E-state index in [1.165, 1.54) is 0 Å². The number of benzene rings is 2. The number of fused-ring (bicyclic) bond motifs is 1. The number of aromatic hydroxyl groups is 1. The summed E-state index contributed by atoms with van der Waals surface area (Å²) >= 11 is 5.95. The third kappa shape index (κ3) is 3.09. The Kier molecular flexibility index (Phi) is 3.93. The molecule has 0 aliphatic rings. The van der Waals surface area contributed by atoms with Crippen LogP contribution >= 0.6 is 11.6 Å². The number of aliphatic imine (C=N–C) groups is 1. The van der Waals surface area contributed by atoms with Crippen molar-refractivity contribution in [1.82, 2.24) is 4.98 Å². The van der Waals surface area contributed by atoms with E-state index in [2.05, 4.69) is 9.98 Å². The van der Waals surface area contributed by atoms with E-state index in [-0.39, 0.29) is 5.88 Å². The van der Waals surface area contributed by atoms with Crippen LogP contribution in [0.15, 0.2) is 53.5 Å². The molecule has 1 aromatic heterocycles. The van der Waals surface area contributed by atoms with Gasteiger partial charge >= 0.3 is 0 Å². The van der Waals surface area contributed by atoms with Crippen molar-refractivity contribution in [2.75, 3.05) is 6.54 Å². The Balaban J connectivity index is 1.72. The second-order valence-electron chi connectivity index (χ2n) is 4.85. The van der Waals surface area contributed by atoms with Crippen molar-refractivity contribution in [2.24, 2.45) is 4.99 Å². The van der Waals surface area contributed by atoms with Crippen LogP contribution in [0, 0.1) is 0 Å². The van der Waals surface area contributed by atoms with E-state index >= 15 is 0 Å². The fraction of sp³-hybridized carbons (Fsp3) is 0.118. The van der Waals surface area contributed by atoms with Gasteiger partial charge in [0.1, 0.15) is 0 Å². The number of aromatic amines is 1. The molecule has 0 aliphatic carbocycles. The van der Waals surface area contributed by atoms with Gasteiger partial charge in [0.2, 0.25) is 0 Å². The van der Waals surface area contributed by atoms with Crippen LogP contribution in [0.25, 0.3) is 10.9 Å². The lowest BCUT2D eigenvalue weighted by atomic mass is 10.1. The molecule has 0 bridgehead atoms. The third-order valence-corrected chi connectivity index (χ3v) is 3.60. The van der Waals surface area contributed by atoms with Gasteiger partial charge in [0.15, 0.2) is 5.88 Å². The van der Waals surface area contributed by atoms with Crippen LogP contribution in [0.5, 0.6) is 5.88 Å². The number of H-pyrrole nitrogens is 1. The Morgan fingerprint density at radius 1 is 1.14 bits per heavy atom. The van der Waals surface area contributed by atoms with E-state index < -0.39 is 0 Å². The summed E-state index contributed by atoms with van der Waals surface area (Å²) in [5.74, 6) is 0.155. The first-order valence-corrected chi connectivity index (χ1v) is 7.16. The van der Waals surface area contributed by atoms with E-state index in [9.17, 15) is 5.11 Å². The average Bonchev–Trinajstić information content (AvgIpc) is 2.79. The maximum absolute atomic E-state index is 9.92. The highest BCUT2D eigenvalue weighted by Gasteiger charge is 2.07. The predicted octanol–water partition coefficient (Wildman–Crippen LogP) is 4.19. The van der Waals surface area contributed by atoms with Gasteiger partial charge in [-0.1, -0.05) is 41.9 Å². The van der Waals surface area contributed by atoms with Crippen LogP contribution in [0.4, 0.5) is 0 Å². The van der Waals surface area contributed by atoms with Gasteiger partial charge in [-0.3, -0.25) is 4.99 Å². The number of aromatic nitrogens is 1. The molecule has 0 aliphatic heterocycles. The zero-order valence-corrected chi connectivity index (χ0v) is 12.1. The molecule has 2 N–H and O–H groups in total. The Labute approximate surface area is 127 Å². The van der Waals surface area contributed by atoms with Crippen LogP contribution in [-0.4, -0.2) is 22.8 Å². The normalized spacial score (nSPS) is 11.5. The second kappa shape index (κ2) is 6.02. The van der Waals surface area contributed by atoms with Crippen LogP contribution in [0.2, 0.25) is 5.02 Å². The first kappa shape index (κ1) is 13.7. The van der Waals surface area contributed by atoms with E-state index in [1.807, 2.05) is 48.5 Å². The van der Waals surface area contributed by atoms with Crippen molar-refractivity contribution in [3.63, 3.8) is 0 Å². The molecule has 2 aromatic carbocycles. The summed E-state index contributed by atoms with van der Waals surface area (Å²) in [6, 6.07) is 15.5. The molecule has 0 radical (unpaired) electrons. The largest absolute Gasteiger partial charge is 0.494 e. The molecule has 0 fully saturated rings. The number of para-hydroxylation sites is 1. The highest BCUT2D eigenvalue weighted by molar-refractivity contribution is 6.30. The van der Waals surface area contributed by atoms with Crippen molar-refractivity contribution in [2.45, 2.75) is 6.42 Å². The molecule has 0 spiro atoms. The van der Waals surface area contributed by atoms with E-state index in [4.69, 9.17) is 11.6 Å². The summed E-state index contributed by atoms with van der Waals surface area (Å²) in [4.78, 5) is 7.34. The van der Waals surface area contributed by atoms with Gasteiger partial charge in [0, 0.05) is 28.7 Å². The highest BCUT2D eigenvalue weighted by atomic mass is 35.5. The number of nitrogens with one attached hydrogen (secondary N) is 1. The van der Waals surface area contributed by atoms with E-state index in [0.29, 0.717) is 6.54 Å². The molecule has 4 heteroatoms. The van der Waals surface area contributed by atoms with Crippen LogP contribution in [0.1, 0.15) is 11.1 Å². The number of halogens is 1. The highest BCUT2D eigenvalue weighted by Crippen LogP contribution is 2.25. The molecular formula is C17H15ClN2O. The molecular weight excluding hydrogens is 284 g/mol. The summed E-state index contributed by atoms with van der Waals surface area (Å²) in [5.41, 5.74) is 2.80. The molecule has 21 heavy (non-hydrogen) atoms. The van der Waals surface area contributed by atoms with Gasteiger partial charge in [-0.05, 0) is 30.2 Å². The lowest BCUT2D eigenvalue weighted by Crippen LogP contribution is -1.90. The Bertz CT molecular complexity index is 792. The zero-order valence-electron chi connectivity index (χ0n) is 11.4. The fourth-order valence-electron chi connectivity index (χ4n) is 2.32. The molecule has 3 nitrogen and oxygen atoms in total. The first-order chi connectivity index (χ1) is 10.2. The molecule has 0 saturated heterocycles. The average molecular weight is 299 g/mol. The smallest absolute Gasteiger partial charge is 0.198 e. The molecule has 1 heterocycles. The monoisotopic (exact) mass is 298 g/mol. The maximum Gasteiger partial charge on any atom is 0.198 e. The summed E-state index contributed by atoms with van der Waals surface area (Å²) in [6.45, 7) is 0.652. The lowest BCUT2D eigenvalue weighted by Gasteiger charge is -1.98. The van der Waals surface area contributed by atoms with Gasteiger partial charge in [-0.15, -0.1) is 0 Å². The molecule has 0 amide bonds. The molecule has 106 valence electrons. The minimum absolute atomic E-state index is 0.155. The minimum Gasteiger partial charge on any atom is -0.494 e. The second-order valence-corrected chi connectivity index (χ2v) is 5.28. The maximum atomic E-state index is 9.92. The van der Waals surface area contributed by atoms with Gasteiger partial charge in [0.25, 0.3) is 0 Å². The fourth-order valence-corrected chi connectivity index (χ4v) is 2.53. The number of hydrogen-bond acceptors (Lipinski definition) is 2. The van der Waals surface area contributed by atoms with Gasteiger partial charge < -0.3 is 10.1 Å². The molecule has 3 rings (SSSR count). The number of rotatable bonds is 4. The Hall–Kier alpha value is -2.26. The van der Waals surface area contributed by atoms with Crippen LogP contribution in [-0.2, 0) is 6.42 Å². The Morgan fingerprint density at radius 2 is 2.00 bits per heavy atom. The number of nitrogens with zero attached hydrogens (tertiary/aromatic N) is 1. The van der Waals surface area contributed by atoms with Gasteiger partial charge in [-0.25, -0.2) is 0 Å². The van der Waals surface area contributed by atoms with Crippen molar-refractivity contribution in [3.05, 3.63) is 64.7 Å². The standard InChI is InChI=1S/C17H15ClN2O/c18-13-5-3-4-12(10-13)8-9-19-11-15-14-6-1-2-7-16(14)20-17(15)21/h1-7,10-11,20-21H,8-9H2. The van der Waals surface area contributed by atoms with Gasteiger partial charge in [0.05, 0.1) is 5.56 Å². The molecule has 0 saturated carbocycles. The first-order valence-electron chi connectivity index (χ1n) is 6.78. The number of hydrogen-bond donors (Lipinski definition) is 2. The Morgan fingerprint density at radius 3 is 2.86 bits per heavy atom. The van der Waals surface area contributed by atoms with Crippen molar-refractivity contribution >= 4 is 28.7 Å². The van der Waals surface area contributed by atoms with Crippen molar-refractivity contribution in [1.29, 1.82) is 0 Å². The SMILES string of the molecule is Oc1[nH]c2ccccc2c1C=NCCc1cccc(Cl)c1. The van der Waals surface area contributed by atoms with E-state index in [1.54, 1.807) is 6.21 Å². The summed E-state index contributed by atoms with van der Waals surface area (Å²) in [5, 5.41) is 11.6. The third-order valence-electron chi connectivity index (χ3n) is 3.36.